The van der Waals surface area contributed by atoms with Gasteiger partial charge in [-0.15, -0.1) is 0 Å². The highest BCUT2D eigenvalue weighted by Crippen LogP contribution is 2.36. The van der Waals surface area contributed by atoms with Gasteiger partial charge < -0.3 is 9.64 Å². The van der Waals surface area contributed by atoms with Crippen LogP contribution in [-0.4, -0.2) is 62.4 Å². The first-order valence-electron chi connectivity index (χ1n) is 7.61. The number of methoxy groups -OCH3 is 1. The van der Waals surface area contributed by atoms with E-state index in [0.717, 1.165) is 12.1 Å². The number of hydrogen-bond acceptors (Lipinski definition) is 4. The standard InChI is InChI=1S/C15H18F2N2O4S/c1-23-5-4-18-13-2-3-19(14(13)9-15(18)20)24(21,22)12-7-10(16)6-11(17)8-12/h6-8,13-14H,2-5,9H2,1H3/t13-,14-/m0/s1. The van der Waals surface area contributed by atoms with Crippen LogP contribution >= 0.6 is 0 Å². The average Bonchev–Trinajstić information content (AvgIpc) is 3.03. The number of sulfonamides is 1. The van der Waals surface area contributed by atoms with Crippen molar-refractivity contribution >= 4 is 15.9 Å². The van der Waals surface area contributed by atoms with Gasteiger partial charge in [0.05, 0.1) is 23.6 Å². The van der Waals surface area contributed by atoms with Crippen molar-refractivity contribution in [1.82, 2.24) is 9.21 Å². The van der Waals surface area contributed by atoms with Gasteiger partial charge in [-0.25, -0.2) is 17.2 Å². The Morgan fingerprint density at radius 1 is 1.21 bits per heavy atom. The molecular weight excluding hydrogens is 342 g/mol. The zero-order valence-electron chi connectivity index (χ0n) is 13.1. The first-order chi connectivity index (χ1) is 11.3. The Balaban J connectivity index is 1.87. The van der Waals surface area contributed by atoms with Crippen molar-refractivity contribution in [3.63, 3.8) is 0 Å². The fraction of sp³-hybridized carbons (Fsp3) is 0.533. The van der Waals surface area contributed by atoms with Crippen molar-refractivity contribution in [1.29, 1.82) is 0 Å². The predicted molar refractivity (Wildman–Crippen MR) is 80.6 cm³/mol. The van der Waals surface area contributed by atoms with Gasteiger partial charge in [0.2, 0.25) is 15.9 Å². The van der Waals surface area contributed by atoms with E-state index in [9.17, 15) is 22.0 Å². The molecular formula is C15H18F2N2O4S. The van der Waals surface area contributed by atoms with Gasteiger partial charge in [0.15, 0.2) is 0 Å². The largest absolute Gasteiger partial charge is 0.383 e. The van der Waals surface area contributed by atoms with Gasteiger partial charge in [-0.2, -0.15) is 4.31 Å². The summed E-state index contributed by atoms with van der Waals surface area (Å²) >= 11 is 0. The number of benzene rings is 1. The third-order valence-electron chi connectivity index (χ3n) is 4.54. The number of fused-ring (bicyclic) bond motifs is 1. The molecule has 2 aliphatic heterocycles. The number of nitrogens with zero attached hydrogens (tertiary/aromatic N) is 2. The quantitative estimate of drug-likeness (QED) is 0.785. The van der Waals surface area contributed by atoms with Crippen molar-refractivity contribution < 1.29 is 26.7 Å². The van der Waals surface area contributed by atoms with Crippen LogP contribution in [0.5, 0.6) is 0 Å². The third kappa shape index (κ3) is 2.91. The minimum atomic E-state index is -4.06. The molecule has 0 saturated carbocycles. The van der Waals surface area contributed by atoms with Gasteiger partial charge >= 0.3 is 0 Å². The van der Waals surface area contributed by atoms with Crippen LogP contribution in [0.4, 0.5) is 8.78 Å². The van der Waals surface area contributed by atoms with Crippen LogP contribution in [0.3, 0.4) is 0 Å². The third-order valence-corrected chi connectivity index (χ3v) is 6.44. The Kier molecular flexibility index (Phi) is 4.58. The first kappa shape index (κ1) is 17.2. The van der Waals surface area contributed by atoms with Crippen LogP contribution in [0, 0.1) is 11.6 Å². The lowest BCUT2D eigenvalue weighted by molar-refractivity contribution is -0.129. The van der Waals surface area contributed by atoms with Crippen molar-refractivity contribution in [2.75, 3.05) is 26.8 Å². The molecule has 3 rings (SSSR count). The maximum atomic E-state index is 13.4. The Morgan fingerprint density at radius 2 is 1.88 bits per heavy atom. The van der Waals surface area contributed by atoms with Gasteiger partial charge in [0, 0.05) is 32.7 Å². The number of halogens is 2. The molecule has 1 aromatic carbocycles. The molecule has 0 spiro atoms. The number of amides is 1. The van der Waals surface area contributed by atoms with Gasteiger partial charge in [0.25, 0.3) is 0 Å². The van der Waals surface area contributed by atoms with Gasteiger partial charge in [-0.1, -0.05) is 0 Å². The molecule has 6 nitrogen and oxygen atoms in total. The zero-order chi connectivity index (χ0) is 17.5. The molecule has 24 heavy (non-hydrogen) atoms. The SMILES string of the molecule is COCCN1C(=O)C[C@H]2[C@@H]1CCN2S(=O)(=O)c1cc(F)cc(F)c1. The maximum Gasteiger partial charge on any atom is 0.243 e. The molecule has 2 aliphatic rings. The van der Waals surface area contributed by atoms with Crippen molar-refractivity contribution in [3.05, 3.63) is 29.8 Å². The summed E-state index contributed by atoms with van der Waals surface area (Å²) in [6.45, 7) is 0.988. The number of carbonyl (C=O) groups is 1. The van der Waals surface area contributed by atoms with E-state index in [2.05, 4.69) is 0 Å². The van der Waals surface area contributed by atoms with E-state index in [1.807, 2.05) is 0 Å². The second-order valence-corrected chi connectivity index (χ2v) is 7.82. The number of hydrogen-bond donors (Lipinski definition) is 0. The van der Waals surface area contributed by atoms with Crippen LogP contribution in [0.2, 0.25) is 0 Å². The maximum absolute atomic E-state index is 13.4. The van der Waals surface area contributed by atoms with E-state index in [1.165, 1.54) is 11.4 Å². The molecule has 0 unspecified atom stereocenters. The molecule has 132 valence electrons. The fourth-order valence-electron chi connectivity index (χ4n) is 3.48. The van der Waals surface area contributed by atoms with E-state index >= 15 is 0 Å². The molecule has 0 aromatic heterocycles. The highest BCUT2D eigenvalue weighted by Gasteiger charge is 2.50. The predicted octanol–water partition coefficient (Wildman–Crippen LogP) is 0.975. The molecule has 1 amide bonds. The van der Waals surface area contributed by atoms with E-state index in [-0.39, 0.29) is 24.9 Å². The first-order valence-corrected chi connectivity index (χ1v) is 9.05. The molecule has 0 bridgehead atoms. The fourth-order valence-corrected chi connectivity index (χ4v) is 5.19. The van der Waals surface area contributed by atoms with Gasteiger partial charge in [-0.3, -0.25) is 4.79 Å². The summed E-state index contributed by atoms with van der Waals surface area (Å²) in [5.74, 6) is -2.03. The van der Waals surface area contributed by atoms with Crippen LogP contribution < -0.4 is 0 Å². The minimum absolute atomic E-state index is 0.0748. The highest BCUT2D eigenvalue weighted by molar-refractivity contribution is 7.89. The van der Waals surface area contributed by atoms with Crippen molar-refractivity contribution in [2.24, 2.45) is 0 Å². The summed E-state index contributed by atoms with van der Waals surface area (Å²) in [6.07, 6.45) is 0.572. The molecule has 0 aliphatic carbocycles. The Morgan fingerprint density at radius 3 is 2.50 bits per heavy atom. The second-order valence-electron chi connectivity index (χ2n) is 5.93. The lowest BCUT2D eigenvalue weighted by Gasteiger charge is -2.25. The highest BCUT2D eigenvalue weighted by atomic mass is 32.2. The zero-order valence-corrected chi connectivity index (χ0v) is 13.9. The lowest BCUT2D eigenvalue weighted by atomic mass is 10.1. The summed E-state index contributed by atoms with van der Waals surface area (Å²) in [5, 5.41) is 0. The van der Waals surface area contributed by atoms with Crippen LogP contribution in [-0.2, 0) is 19.6 Å². The Labute approximate surface area is 139 Å². The minimum Gasteiger partial charge on any atom is -0.383 e. The normalized spacial score (nSPS) is 24.6. The van der Waals surface area contributed by atoms with Gasteiger partial charge in [-0.05, 0) is 18.6 Å². The molecule has 0 N–H and O–H groups in total. The van der Waals surface area contributed by atoms with Crippen LogP contribution in [0.25, 0.3) is 0 Å². The second kappa shape index (κ2) is 6.38. The van der Waals surface area contributed by atoms with Crippen LogP contribution in [0.15, 0.2) is 23.1 Å². The lowest BCUT2D eigenvalue weighted by Crippen LogP contribution is -2.40. The molecule has 2 saturated heterocycles. The molecule has 2 fully saturated rings. The molecule has 0 radical (unpaired) electrons. The average molecular weight is 360 g/mol. The van der Waals surface area contributed by atoms with Crippen molar-refractivity contribution in [2.45, 2.75) is 29.8 Å². The Hall–Kier alpha value is -1.58. The van der Waals surface area contributed by atoms with E-state index in [1.54, 1.807) is 4.90 Å². The van der Waals surface area contributed by atoms with E-state index in [4.69, 9.17) is 4.74 Å². The summed E-state index contributed by atoms with van der Waals surface area (Å²) in [5.41, 5.74) is 0. The van der Waals surface area contributed by atoms with Crippen molar-refractivity contribution in [3.8, 4) is 0 Å². The summed E-state index contributed by atoms with van der Waals surface area (Å²) in [6, 6.07) is 1.49. The smallest absolute Gasteiger partial charge is 0.243 e. The van der Waals surface area contributed by atoms with Crippen LogP contribution in [0.1, 0.15) is 12.8 Å². The molecule has 9 heteroatoms. The topological polar surface area (TPSA) is 66.9 Å². The number of rotatable bonds is 5. The van der Waals surface area contributed by atoms with Gasteiger partial charge in [0.1, 0.15) is 11.6 Å². The summed E-state index contributed by atoms with van der Waals surface area (Å²) in [7, 11) is -2.53. The Bertz CT molecular complexity index is 736. The summed E-state index contributed by atoms with van der Waals surface area (Å²) in [4.78, 5) is 13.3. The van der Waals surface area contributed by atoms with E-state index in [0.29, 0.717) is 25.6 Å². The van der Waals surface area contributed by atoms with E-state index < -0.39 is 32.6 Å². The number of likely N-dealkylation sites (tertiary alicyclic amines) is 1. The summed E-state index contributed by atoms with van der Waals surface area (Å²) < 4.78 is 58.4. The molecule has 2 atom stereocenters. The number of ether oxygens (including phenoxy) is 1. The molecule has 1 aromatic rings. The number of carbonyl (C=O) groups excluding carboxylic acids is 1. The molecule has 2 heterocycles. The monoisotopic (exact) mass is 360 g/mol.